The zero-order valence-corrected chi connectivity index (χ0v) is 26.2. The number of hydrogen-bond donors (Lipinski definition) is 2. The van der Waals surface area contributed by atoms with Crippen molar-refractivity contribution in [2.45, 2.75) is 58.4 Å². The second-order valence-corrected chi connectivity index (χ2v) is 11.9. The first-order valence-corrected chi connectivity index (χ1v) is 15.9. The molecule has 4 aromatic rings. The van der Waals surface area contributed by atoms with Gasteiger partial charge in [0.1, 0.15) is 5.82 Å². The van der Waals surface area contributed by atoms with Crippen LogP contribution in [-0.4, -0.2) is 59.7 Å². The number of carbonyl (C=O) groups is 2. The third-order valence-electron chi connectivity index (χ3n) is 8.43. The number of aromatic nitrogens is 2. The highest BCUT2D eigenvalue weighted by atomic mass is 16.5. The Morgan fingerprint density at radius 3 is 2.48 bits per heavy atom. The van der Waals surface area contributed by atoms with Crippen LogP contribution in [0.3, 0.4) is 0 Å². The molecule has 0 aliphatic carbocycles. The summed E-state index contributed by atoms with van der Waals surface area (Å²) in [4.78, 5) is 32.3. The topological polar surface area (TPSA) is 88.5 Å². The van der Waals surface area contributed by atoms with Crippen LogP contribution in [0.4, 0.5) is 10.5 Å². The molecule has 232 valence electrons. The number of imidazole rings is 1. The second-order valence-electron chi connectivity index (χ2n) is 11.9. The largest absolute Gasteiger partial charge is 0.385 e. The highest BCUT2D eigenvalue weighted by Crippen LogP contribution is 2.31. The van der Waals surface area contributed by atoms with E-state index >= 15 is 0 Å². The van der Waals surface area contributed by atoms with Crippen molar-refractivity contribution in [3.63, 3.8) is 0 Å². The minimum Gasteiger partial charge on any atom is -0.385 e. The van der Waals surface area contributed by atoms with Gasteiger partial charge < -0.3 is 24.8 Å². The molecule has 1 saturated heterocycles. The molecule has 0 spiro atoms. The summed E-state index contributed by atoms with van der Waals surface area (Å²) in [6.45, 7) is 7.77. The third-order valence-corrected chi connectivity index (χ3v) is 8.43. The molecule has 1 fully saturated rings. The lowest BCUT2D eigenvalue weighted by Gasteiger charge is -2.33. The van der Waals surface area contributed by atoms with Crippen LogP contribution < -0.4 is 10.6 Å². The molecule has 0 bridgehead atoms. The molecule has 1 aliphatic rings. The molecule has 1 aromatic heterocycles. The Labute approximate surface area is 260 Å². The summed E-state index contributed by atoms with van der Waals surface area (Å²) in [7, 11) is 1.74. The number of fused-ring (bicyclic) bond motifs is 1. The average Bonchev–Trinajstić information content (AvgIpc) is 3.41. The van der Waals surface area contributed by atoms with Crippen LogP contribution in [0.25, 0.3) is 22.2 Å². The summed E-state index contributed by atoms with van der Waals surface area (Å²) in [6, 6.07) is 24.5. The predicted molar refractivity (Wildman–Crippen MR) is 177 cm³/mol. The molecular formula is C36H45N5O3. The number of amides is 3. The SMILES string of the molecule is CCNC(=O)Nc1ccc(-c2ccc(C[C@@H](C)CC(=O)N3CCC[C@@H](c4nc5ccccc5n4CCCOC)C3)cc2)cc1. The van der Waals surface area contributed by atoms with Gasteiger partial charge in [0.05, 0.1) is 11.0 Å². The molecule has 1 aliphatic heterocycles. The number of benzene rings is 3. The van der Waals surface area contributed by atoms with Gasteiger partial charge >= 0.3 is 6.03 Å². The first-order valence-electron chi connectivity index (χ1n) is 15.9. The van der Waals surface area contributed by atoms with E-state index in [-0.39, 0.29) is 23.8 Å². The minimum atomic E-state index is -0.202. The highest BCUT2D eigenvalue weighted by molar-refractivity contribution is 5.89. The summed E-state index contributed by atoms with van der Waals surface area (Å²) in [5, 5.41) is 5.56. The highest BCUT2D eigenvalue weighted by Gasteiger charge is 2.29. The minimum absolute atomic E-state index is 0.202. The Morgan fingerprint density at radius 1 is 1.02 bits per heavy atom. The molecule has 3 aromatic carbocycles. The van der Waals surface area contributed by atoms with E-state index in [0.29, 0.717) is 19.6 Å². The van der Waals surface area contributed by atoms with Gasteiger partial charge in [0.25, 0.3) is 0 Å². The second kappa shape index (κ2) is 15.0. The predicted octanol–water partition coefficient (Wildman–Crippen LogP) is 6.86. The van der Waals surface area contributed by atoms with Gasteiger partial charge in [-0.15, -0.1) is 0 Å². The van der Waals surface area contributed by atoms with E-state index in [2.05, 4.69) is 69.5 Å². The molecule has 2 heterocycles. The van der Waals surface area contributed by atoms with Crippen LogP contribution in [0.2, 0.25) is 0 Å². The molecule has 8 heteroatoms. The van der Waals surface area contributed by atoms with E-state index in [1.807, 2.05) is 37.3 Å². The standard InChI is InChI=1S/C36H45N5O3/c1-4-37-36(43)38-31-18-16-29(17-19-31)28-14-12-27(13-15-28)23-26(2)24-34(42)40-20-7-9-30(25-40)35-39-32-10-5-6-11-33(32)41(35)21-8-22-44-3/h5-6,10-19,26,30H,4,7-9,20-25H2,1-3H3,(H2,37,38,43)/t26-,30-/m1/s1. The van der Waals surface area contributed by atoms with Gasteiger partial charge in [-0.05, 0) is 79.5 Å². The maximum absolute atomic E-state index is 13.5. The number of nitrogens with zero attached hydrogens (tertiary/aromatic N) is 3. The van der Waals surface area contributed by atoms with Crippen LogP contribution in [0, 0.1) is 5.92 Å². The van der Waals surface area contributed by atoms with E-state index in [9.17, 15) is 9.59 Å². The summed E-state index contributed by atoms with van der Waals surface area (Å²) >= 11 is 0. The molecule has 44 heavy (non-hydrogen) atoms. The van der Waals surface area contributed by atoms with Gasteiger partial charge in [-0.1, -0.05) is 55.5 Å². The van der Waals surface area contributed by atoms with Gasteiger partial charge in [0, 0.05) is 57.9 Å². The fraction of sp³-hybridized carbons (Fsp3) is 0.417. The molecule has 2 N–H and O–H groups in total. The number of anilines is 1. The Kier molecular flexibility index (Phi) is 10.7. The van der Waals surface area contributed by atoms with Crippen molar-refractivity contribution in [1.29, 1.82) is 0 Å². The fourth-order valence-corrected chi connectivity index (χ4v) is 6.24. The molecule has 0 saturated carbocycles. The fourth-order valence-electron chi connectivity index (χ4n) is 6.24. The first kappa shape index (κ1) is 31.3. The molecule has 3 amide bonds. The van der Waals surface area contributed by atoms with E-state index in [4.69, 9.17) is 9.72 Å². The van der Waals surface area contributed by atoms with Crippen LogP contribution in [0.1, 0.15) is 56.8 Å². The van der Waals surface area contributed by atoms with Crippen molar-refractivity contribution >= 4 is 28.7 Å². The molecule has 8 nitrogen and oxygen atoms in total. The number of ether oxygens (including phenoxy) is 1. The van der Waals surface area contributed by atoms with Gasteiger partial charge in [-0.3, -0.25) is 4.79 Å². The van der Waals surface area contributed by atoms with Crippen LogP contribution in [-0.2, 0) is 22.5 Å². The lowest BCUT2D eigenvalue weighted by atomic mass is 9.93. The van der Waals surface area contributed by atoms with E-state index in [1.165, 1.54) is 5.56 Å². The summed E-state index contributed by atoms with van der Waals surface area (Å²) in [5.41, 5.74) is 6.38. The lowest BCUT2D eigenvalue weighted by molar-refractivity contribution is -0.133. The number of carbonyl (C=O) groups excluding carboxylic acids is 2. The van der Waals surface area contributed by atoms with Crippen molar-refractivity contribution in [2.75, 3.05) is 38.7 Å². The summed E-state index contributed by atoms with van der Waals surface area (Å²) in [6.07, 6.45) is 4.37. The number of hydrogen-bond acceptors (Lipinski definition) is 4. The third kappa shape index (κ3) is 7.85. The van der Waals surface area contributed by atoms with E-state index in [1.54, 1.807) is 7.11 Å². The van der Waals surface area contributed by atoms with Gasteiger partial charge in [-0.2, -0.15) is 0 Å². The number of methoxy groups -OCH3 is 1. The number of rotatable bonds is 12. The quantitative estimate of drug-likeness (QED) is 0.175. The van der Waals surface area contributed by atoms with E-state index < -0.39 is 0 Å². The van der Waals surface area contributed by atoms with Gasteiger partial charge in [-0.25, -0.2) is 9.78 Å². The molecular weight excluding hydrogens is 550 g/mol. The summed E-state index contributed by atoms with van der Waals surface area (Å²) < 4.78 is 7.66. The number of urea groups is 1. The number of piperidine rings is 1. The molecule has 5 rings (SSSR count). The van der Waals surface area contributed by atoms with Crippen molar-refractivity contribution < 1.29 is 14.3 Å². The molecule has 2 atom stereocenters. The normalized spacial score (nSPS) is 15.7. The molecule has 0 radical (unpaired) electrons. The Hall–Kier alpha value is -4.17. The Bertz CT molecular complexity index is 1530. The number of para-hydroxylation sites is 2. The van der Waals surface area contributed by atoms with Crippen molar-refractivity contribution in [3.8, 4) is 11.1 Å². The van der Waals surface area contributed by atoms with Crippen LogP contribution in [0.5, 0.6) is 0 Å². The number of aryl methyl sites for hydroxylation is 1. The zero-order chi connectivity index (χ0) is 30.9. The number of nitrogens with one attached hydrogen (secondary N) is 2. The zero-order valence-electron chi connectivity index (χ0n) is 26.2. The summed E-state index contributed by atoms with van der Waals surface area (Å²) in [5.74, 6) is 1.82. The van der Waals surface area contributed by atoms with Crippen molar-refractivity contribution in [2.24, 2.45) is 5.92 Å². The Morgan fingerprint density at radius 2 is 1.75 bits per heavy atom. The maximum atomic E-state index is 13.5. The average molecular weight is 596 g/mol. The van der Waals surface area contributed by atoms with Crippen molar-refractivity contribution in [3.05, 3.63) is 84.2 Å². The van der Waals surface area contributed by atoms with Gasteiger partial charge in [0.2, 0.25) is 5.91 Å². The van der Waals surface area contributed by atoms with Gasteiger partial charge in [0.15, 0.2) is 0 Å². The first-order chi connectivity index (χ1) is 21.4. The molecule has 0 unspecified atom stereocenters. The number of likely N-dealkylation sites (tertiary alicyclic amines) is 1. The van der Waals surface area contributed by atoms with Crippen LogP contribution in [0.15, 0.2) is 72.8 Å². The lowest BCUT2D eigenvalue weighted by Crippen LogP contribution is -2.40. The Balaban J connectivity index is 1.16. The van der Waals surface area contributed by atoms with E-state index in [0.717, 1.165) is 79.0 Å². The maximum Gasteiger partial charge on any atom is 0.319 e. The van der Waals surface area contributed by atoms with Crippen molar-refractivity contribution in [1.82, 2.24) is 19.8 Å². The van der Waals surface area contributed by atoms with Crippen LogP contribution >= 0.6 is 0 Å². The monoisotopic (exact) mass is 595 g/mol. The smallest absolute Gasteiger partial charge is 0.319 e.